The highest BCUT2D eigenvalue weighted by Crippen LogP contribution is 1.98. The van der Waals surface area contributed by atoms with Crippen molar-refractivity contribution < 1.29 is 4.79 Å². The third kappa shape index (κ3) is 4.32. The third-order valence-electron chi connectivity index (χ3n) is 1.27. The molecule has 0 aliphatic rings. The second-order valence-electron chi connectivity index (χ2n) is 2.89. The molecule has 0 unspecified atom stereocenters. The minimum atomic E-state index is -0.686. The maximum atomic E-state index is 10.2. The fourth-order valence-corrected chi connectivity index (χ4v) is 0.283. The Balaban J connectivity index is 4.12. The molecule has 0 saturated heterocycles. The number of nitrogens with zero attached hydrogens (tertiary/aromatic N) is 1. The molecule has 0 aromatic heterocycles. The quantitative estimate of drug-likeness (QED) is 0.382. The van der Waals surface area contributed by atoms with Crippen molar-refractivity contribution in [2.75, 3.05) is 0 Å². The second kappa shape index (κ2) is 3.34. The Labute approximate surface area is 65.8 Å². The van der Waals surface area contributed by atoms with Crippen molar-refractivity contribution in [3.63, 3.8) is 0 Å². The minimum Gasteiger partial charge on any atom is -0.350 e. The van der Waals surface area contributed by atoms with E-state index in [1.54, 1.807) is 20.8 Å². The van der Waals surface area contributed by atoms with Crippen LogP contribution in [0.4, 0.5) is 4.79 Å². The Morgan fingerprint density at radius 1 is 1.55 bits per heavy atom. The van der Waals surface area contributed by atoms with Crippen LogP contribution in [0.15, 0.2) is 5.10 Å². The number of nitrogens with one attached hydrogen (secondary N) is 1. The molecule has 2 amide bonds. The summed E-state index contributed by atoms with van der Waals surface area (Å²) in [6.45, 7) is 5.29. The van der Waals surface area contributed by atoms with E-state index in [0.717, 1.165) is 0 Å². The van der Waals surface area contributed by atoms with Gasteiger partial charge in [-0.05, 0) is 20.8 Å². The number of primary amides is 1. The van der Waals surface area contributed by atoms with Gasteiger partial charge >= 0.3 is 6.03 Å². The molecular formula is C6H14N4O. The summed E-state index contributed by atoms with van der Waals surface area (Å²) in [5, 5.41) is 3.66. The standard InChI is InChI=1S/C6H14N4O/c1-4(6(2,3)8)9-10-5(7)11/h8H2,1-3H3,(H3,7,10,11)/b9-4-. The molecule has 0 aliphatic heterocycles. The first kappa shape index (κ1) is 9.90. The summed E-state index contributed by atoms with van der Waals surface area (Å²) >= 11 is 0. The van der Waals surface area contributed by atoms with Crippen molar-refractivity contribution >= 4 is 11.7 Å². The van der Waals surface area contributed by atoms with Crippen molar-refractivity contribution in [3.05, 3.63) is 0 Å². The number of urea groups is 1. The number of carbonyl (C=O) groups is 1. The number of amides is 2. The highest BCUT2D eigenvalue weighted by atomic mass is 16.2. The van der Waals surface area contributed by atoms with Crippen molar-refractivity contribution in [2.45, 2.75) is 26.3 Å². The van der Waals surface area contributed by atoms with Crippen LogP contribution in [0.25, 0.3) is 0 Å². The van der Waals surface area contributed by atoms with Crippen LogP contribution >= 0.6 is 0 Å². The summed E-state index contributed by atoms with van der Waals surface area (Å²) in [6, 6.07) is -0.686. The number of rotatable bonds is 2. The molecule has 0 heterocycles. The van der Waals surface area contributed by atoms with Crippen LogP contribution in [-0.2, 0) is 0 Å². The molecule has 0 atom stereocenters. The fraction of sp³-hybridized carbons (Fsp3) is 0.667. The monoisotopic (exact) mass is 158 g/mol. The normalized spacial score (nSPS) is 12.9. The molecule has 5 N–H and O–H groups in total. The highest BCUT2D eigenvalue weighted by molar-refractivity contribution is 5.91. The van der Waals surface area contributed by atoms with Crippen molar-refractivity contribution in [1.82, 2.24) is 5.43 Å². The maximum absolute atomic E-state index is 10.2. The van der Waals surface area contributed by atoms with E-state index in [9.17, 15) is 4.79 Å². The summed E-state index contributed by atoms with van der Waals surface area (Å²) in [5.41, 5.74) is 12.6. The predicted molar refractivity (Wildman–Crippen MR) is 44.1 cm³/mol. The molecule has 0 bridgehead atoms. The molecule has 0 aromatic carbocycles. The van der Waals surface area contributed by atoms with E-state index in [4.69, 9.17) is 11.5 Å². The first-order valence-corrected chi connectivity index (χ1v) is 3.23. The zero-order valence-corrected chi connectivity index (χ0v) is 7.01. The molecule has 0 saturated carbocycles. The van der Waals surface area contributed by atoms with E-state index in [1.807, 2.05) is 0 Å². The Bertz CT molecular complexity index is 180. The highest BCUT2D eigenvalue weighted by Gasteiger charge is 2.14. The first-order valence-electron chi connectivity index (χ1n) is 3.23. The third-order valence-corrected chi connectivity index (χ3v) is 1.27. The molecule has 0 fully saturated rings. The molecule has 5 nitrogen and oxygen atoms in total. The van der Waals surface area contributed by atoms with Gasteiger partial charge in [-0.3, -0.25) is 0 Å². The molecule has 0 aromatic rings. The lowest BCUT2D eigenvalue weighted by Crippen LogP contribution is -2.41. The topological polar surface area (TPSA) is 93.5 Å². The van der Waals surface area contributed by atoms with Crippen molar-refractivity contribution in [2.24, 2.45) is 16.6 Å². The zero-order valence-electron chi connectivity index (χ0n) is 7.01. The van der Waals surface area contributed by atoms with Crippen LogP contribution in [0, 0.1) is 0 Å². The van der Waals surface area contributed by atoms with Gasteiger partial charge in [-0.2, -0.15) is 5.10 Å². The van der Waals surface area contributed by atoms with Gasteiger partial charge < -0.3 is 11.5 Å². The van der Waals surface area contributed by atoms with Crippen LogP contribution in [0.5, 0.6) is 0 Å². The zero-order chi connectivity index (χ0) is 9.07. The summed E-state index contributed by atoms with van der Waals surface area (Å²) in [6.07, 6.45) is 0. The summed E-state index contributed by atoms with van der Waals surface area (Å²) in [4.78, 5) is 10.2. The summed E-state index contributed by atoms with van der Waals surface area (Å²) in [7, 11) is 0. The van der Waals surface area contributed by atoms with E-state index in [0.29, 0.717) is 5.71 Å². The Kier molecular flexibility index (Phi) is 3.00. The van der Waals surface area contributed by atoms with Gasteiger partial charge in [0.25, 0.3) is 0 Å². The molecule has 0 aliphatic carbocycles. The number of carbonyl (C=O) groups excluding carboxylic acids is 1. The Hall–Kier alpha value is -1.10. The van der Waals surface area contributed by atoms with Gasteiger partial charge in [-0.25, -0.2) is 10.2 Å². The number of hydrogen-bond acceptors (Lipinski definition) is 3. The van der Waals surface area contributed by atoms with E-state index >= 15 is 0 Å². The van der Waals surface area contributed by atoms with Gasteiger partial charge in [0.15, 0.2) is 0 Å². The first-order chi connectivity index (χ1) is 4.84. The lowest BCUT2D eigenvalue weighted by atomic mass is 10.0. The van der Waals surface area contributed by atoms with Gasteiger partial charge in [0, 0.05) is 0 Å². The Morgan fingerprint density at radius 2 is 2.00 bits per heavy atom. The predicted octanol–water partition coefficient (Wildman–Crippen LogP) is -0.232. The molecule has 64 valence electrons. The molecule has 0 rings (SSSR count). The van der Waals surface area contributed by atoms with Crippen LogP contribution < -0.4 is 16.9 Å². The van der Waals surface area contributed by atoms with Crippen LogP contribution in [0.2, 0.25) is 0 Å². The van der Waals surface area contributed by atoms with E-state index in [1.165, 1.54) is 0 Å². The lowest BCUT2D eigenvalue weighted by molar-refractivity contribution is 0.249. The van der Waals surface area contributed by atoms with Crippen LogP contribution in [0.1, 0.15) is 20.8 Å². The average molecular weight is 158 g/mol. The van der Waals surface area contributed by atoms with Crippen molar-refractivity contribution in [3.8, 4) is 0 Å². The van der Waals surface area contributed by atoms with Crippen LogP contribution in [0.3, 0.4) is 0 Å². The minimum absolute atomic E-state index is 0.525. The Morgan fingerprint density at radius 3 is 2.27 bits per heavy atom. The van der Waals surface area contributed by atoms with Crippen LogP contribution in [-0.4, -0.2) is 17.3 Å². The van der Waals surface area contributed by atoms with Crippen molar-refractivity contribution in [1.29, 1.82) is 0 Å². The lowest BCUT2D eigenvalue weighted by Gasteiger charge is -2.17. The summed E-state index contributed by atoms with van der Waals surface area (Å²) in [5.74, 6) is 0. The van der Waals surface area contributed by atoms with E-state index in [-0.39, 0.29) is 0 Å². The number of hydrazone groups is 1. The second-order valence-corrected chi connectivity index (χ2v) is 2.89. The average Bonchev–Trinajstić information content (AvgIpc) is 1.80. The number of hydrogen-bond donors (Lipinski definition) is 3. The van der Waals surface area contributed by atoms with Gasteiger partial charge in [-0.1, -0.05) is 0 Å². The molecular weight excluding hydrogens is 144 g/mol. The fourth-order valence-electron chi connectivity index (χ4n) is 0.283. The van der Waals surface area contributed by atoms with E-state index < -0.39 is 11.6 Å². The van der Waals surface area contributed by atoms with Gasteiger partial charge in [0.2, 0.25) is 0 Å². The largest absolute Gasteiger partial charge is 0.350 e. The summed E-state index contributed by atoms with van der Waals surface area (Å²) < 4.78 is 0. The maximum Gasteiger partial charge on any atom is 0.332 e. The molecule has 11 heavy (non-hydrogen) atoms. The van der Waals surface area contributed by atoms with Gasteiger partial charge in [0.05, 0.1) is 11.3 Å². The molecule has 5 heteroatoms. The SMILES string of the molecule is C/C(=N/NC(N)=O)C(C)(C)N. The van der Waals surface area contributed by atoms with Gasteiger partial charge in [-0.15, -0.1) is 0 Å². The smallest absolute Gasteiger partial charge is 0.332 e. The molecule has 0 radical (unpaired) electrons. The number of nitrogens with two attached hydrogens (primary N) is 2. The van der Waals surface area contributed by atoms with Gasteiger partial charge in [0.1, 0.15) is 0 Å². The van der Waals surface area contributed by atoms with E-state index in [2.05, 4.69) is 10.5 Å². The molecule has 0 spiro atoms.